The number of hydrogen-bond acceptors (Lipinski definition) is 2. The average Bonchev–Trinajstić information content (AvgIpc) is 2.65. The van der Waals surface area contributed by atoms with E-state index in [0.717, 1.165) is 6.04 Å². The van der Waals surface area contributed by atoms with Crippen LogP contribution < -0.4 is 5.32 Å². The Kier molecular flexibility index (Phi) is 3.13. The zero-order valence-electron chi connectivity index (χ0n) is 9.68. The molecule has 1 saturated carbocycles. The number of hydrogen-bond donors (Lipinski definition) is 1. The van der Waals surface area contributed by atoms with E-state index in [2.05, 4.69) is 24.1 Å². The molecule has 1 spiro atoms. The van der Waals surface area contributed by atoms with Gasteiger partial charge in [0.1, 0.15) is 0 Å². The van der Waals surface area contributed by atoms with E-state index < -0.39 is 0 Å². The fraction of sp³-hybridized carbons (Fsp3) is 1.00. The molecule has 1 heterocycles. The highest BCUT2D eigenvalue weighted by Crippen LogP contribution is 2.32. The molecule has 1 unspecified atom stereocenters. The van der Waals surface area contributed by atoms with Crippen molar-refractivity contribution in [2.75, 3.05) is 19.6 Å². The van der Waals surface area contributed by atoms with Gasteiger partial charge in [0.2, 0.25) is 0 Å². The first-order valence-electron chi connectivity index (χ1n) is 6.25. The lowest BCUT2D eigenvalue weighted by Crippen LogP contribution is -2.60. The molecule has 1 N–H and O–H groups in total. The zero-order chi connectivity index (χ0) is 10.0. The fourth-order valence-electron chi connectivity index (χ4n) is 3.01. The number of nitrogens with zero attached hydrogens (tertiary/aromatic N) is 1. The van der Waals surface area contributed by atoms with Crippen molar-refractivity contribution in [2.45, 2.75) is 57.5 Å². The molecule has 1 atom stereocenters. The van der Waals surface area contributed by atoms with Gasteiger partial charge in [-0.2, -0.15) is 0 Å². The van der Waals surface area contributed by atoms with E-state index >= 15 is 0 Å². The van der Waals surface area contributed by atoms with Gasteiger partial charge in [0.05, 0.1) is 0 Å². The molecule has 82 valence electrons. The molecule has 0 amide bonds. The Morgan fingerprint density at radius 2 is 2.07 bits per heavy atom. The second-order valence-electron chi connectivity index (χ2n) is 5.14. The lowest BCUT2D eigenvalue weighted by atomic mass is 9.93. The Labute approximate surface area is 88.1 Å². The SMILES string of the molecule is CCC(C)N1CCNC2(CCCC2)C1. The van der Waals surface area contributed by atoms with Crippen LogP contribution in [0.4, 0.5) is 0 Å². The van der Waals surface area contributed by atoms with Crippen molar-refractivity contribution in [1.82, 2.24) is 10.2 Å². The second kappa shape index (κ2) is 4.19. The van der Waals surface area contributed by atoms with E-state index in [4.69, 9.17) is 0 Å². The molecule has 0 aromatic carbocycles. The second-order valence-corrected chi connectivity index (χ2v) is 5.14. The van der Waals surface area contributed by atoms with Crippen LogP contribution in [0.15, 0.2) is 0 Å². The minimum atomic E-state index is 0.502. The summed E-state index contributed by atoms with van der Waals surface area (Å²) in [6.07, 6.45) is 6.96. The third kappa shape index (κ3) is 1.96. The Bertz CT molecular complexity index is 185. The molecule has 0 aromatic rings. The molecule has 0 radical (unpaired) electrons. The smallest absolute Gasteiger partial charge is 0.0309 e. The van der Waals surface area contributed by atoms with Crippen LogP contribution in [0.25, 0.3) is 0 Å². The predicted octanol–water partition coefficient (Wildman–Crippen LogP) is 2.00. The van der Waals surface area contributed by atoms with Crippen LogP contribution >= 0.6 is 0 Å². The van der Waals surface area contributed by atoms with Gasteiger partial charge in [0.25, 0.3) is 0 Å². The Morgan fingerprint density at radius 3 is 2.71 bits per heavy atom. The van der Waals surface area contributed by atoms with E-state index in [1.807, 2.05) is 0 Å². The molecule has 2 fully saturated rings. The summed E-state index contributed by atoms with van der Waals surface area (Å²) in [5.41, 5.74) is 0.502. The molecule has 1 saturated heterocycles. The topological polar surface area (TPSA) is 15.3 Å². The third-order valence-electron chi connectivity index (χ3n) is 4.18. The van der Waals surface area contributed by atoms with Gasteiger partial charge in [-0.05, 0) is 26.2 Å². The van der Waals surface area contributed by atoms with Gasteiger partial charge in [-0.3, -0.25) is 4.90 Å². The number of nitrogens with one attached hydrogen (secondary N) is 1. The number of rotatable bonds is 2. The number of piperazine rings is 1. The highest BCUT2D eigenvalue weighted by Gasteiger charge is 2.38. The van der Waals surface area contributed by atoms with Gasteiger partial charge in [0, 0.05) is 31.2 Å². The summed E-state index contributed by atoms with van der Waals surface area (Å²) >= 11 is 0. The maximum Gasteiger partial charge on any atom is 0.0309 e. The molecule has 14 heavy (non-hydrogen) atoms. The molecule has 2 rings (SSSR count). The predicted molar refractivity (Wildman–Crippen MR) is 60.5 cm³/mol. The minimum Gasteiger partial charge on any atom is -0.309 e. The van der Waals surface area contributed by atoms with Crippen molar-refractivity contribution in [2.24, 2.45) is 0 Å². The Hall–Kier alpha value is -0.0800. The van der Waals surface area contributed by atoms with Crippen LogP contribution in [-0.2, 0) is 0 Å². The van der Waals surface area contributed by atoms with Crippen LogP contribution in [0.5, 0.6) is 0 Å². The van der Waals surface area contributed by atoms with Crippen molar-refractivity contribution < 1.29 is 0 Å². The van der Waals surface area contributed by atoms with Crippen LogP contribution in [-0.4, -0.2) is 36.1 Å². The quantitative estimate of drug-likeness (QED) is 0.727. The molecule has 2 heteroatoms. The van der Waals surface area contributed by atoms with E-state index in [1.165, 1.54) is 51.7 Å². The van der Waals surface area contributed by atoms with Gasteiger partial charge in [-0.1, -0.05) is 19.8 Å². The highest BCUT2D eigenvalue weighted by atomic mass is 15.2. The summed E-state index contributed by atoms with van der Waals surface area (Å²) in [4.78, 5) is 2.68. The zero-order valence-corrected chi connectivity index (χ0v) is 9.68. The van der Waals surface area contributed by atoms with Crippen LogP contribution in [0.2, 0.25) is 0 Å². The first-order valence-corrected chi connectivity index (χ1v) is 6.25. The van der Waals surface area contributed by atoms with E-state index in [9.17, 15) is 0 Å². The summed E-state index contributed by atoms with van der Waals surface area (Å²) in [7, 11) is 0. The van der Waals surface area contributed by atoms with E-state index in [-0.39, 0.29) is 0 Å². The molecular weight excluding hydrogens is 172 g/mol. The first-order chi connectivity index (χ1) is 6.76. The normalized spacial score (nSPS) is 29.6. The van der Waals surface area contributed by atoms with Crippen molar-refractivity contribution in [1.29, 1.82) is 0 Å². The largest absolute Gasteiger partial charge is 0.309 e. The van der Waals surface area contributed by atoms with Crippen molar-refractivity contribution >= 4 is 0 Å². The van der Waals surface area contributed by atoms with Crippen LogP contribution in [0, 0.1) is 0 Å². The third-order valence-corrected chi connectivity index (χ3v) is 4.18. The standard InChI is InChI=1S/C12H24N2/c1-3-11(2)14-9-8-13-12(10-14)6-4-5-7-12/h11,13H,3-10H2,1-2H3. The molecular formula is C12H24N2. The average molecular weight is 196 g/mol. The summed E-state index contributed by atoms with van der Waals surface area (Å²) in [6.45, 7) is 8.41. The van der Waals surface area contributed by atoms with E-state index in [0.29, 0.717) is 5.54 Å². The molecule has 1 aliphatic heterocycles. The highest BCUT2D eigenvalue weighted by molar-refractivity contribution is 4.98. The van der Waals surface area contributed by atoms with E-state index in [1.54, 1.807) is 0 Å². The fourth-order valence-corrected chi connectivity index (χ4v) is 3.01. The molecule has 0 bridgehead atoms. The molecule has 2 aliphatic rings. The minimum absolute atomic E-state index is 0.502. The molecule has 1 aliphatic carbocycles. The maximum atomic E-state index is 3.76. The summed E-state index contributed by atoms with van der Waals surface area (Å²) in [6, 6.07) is 0.773. The van der Waals surface area contributed by atoms with Crippen LogP contribution in [0.3, 0.4) is 0 Å². The van der Waals surface area contributed by atoms with Crippen molar-refractivity contribution in [3.05, 3.63) is 0 Å². The lowest BCUT2D eigenvalue weighted by Gasteiger charge is -2.44. The maximum absolute atomic E-state index is 3.76. The molecule has 0 aromatic heterocycles. The Morgan fingerprint density at radius 1 is 1.36 bits per heavy atom. The van der Waals surface area contributed by atoms with Gasteiger partial charge >= 0.3 is 0 Å². The summed E-state index contributed by atoms with van der Waals surface area (Å²) < 4.78 is 0. The summed E-state index contributed by atoms with van der Waals surface area (Å²) in [5, 5.41) is 3.76. The first kappa shape index (κ1) is 10.4. The Balaban J connectivity index is 1.96. The lowest BCUT2D eigenvalue weighted by molar-refractivity contribution is 0.0989. The summed E-state index contributed by atoms with van der Waals surface area (Å²) in [5.74, 6) is 0. The van der Waals surface area contributed by atoms with Crippen molar-refractivity contribution in [3.8, 4) is 0 Å². The molecule has 2 nitrogen and oxygen atoms in total. The van der Waals surface area contributed by atoms with Gasteiger partial charge in [0.15, 0.2) is 0 Å². The van der Waals surface area contributed by atoms with Gasteiger partial charge in [-0.15, -0.1) is 0 Å². The monoisotopic (exact) mass is 196 g/mol. The van der Waals surface area contributed by atoms with Gasteiger partial charge in [-0.25, -0.2) is 0 Å². The van der Waals surface area contributed by atoms with Crippen LogP contribution in [0.1, 0.15) is 46.0 Å². The van der Waals surface area contributed by atoms with Crippen molar-refractivity contribution in [3.63, 3.8) is 0 Å². The van der Waals surface area contributed by atoms with Gasteiger partial charge < -0.3 is 5.32 Å².